The van der Waals surface area contributed by atoms with E-state index in [2.05, 4.69) is 5.32 Å². The van der Waals surface area contributed by atoms with Gasteiger partial charge in [0, 0.05) is 6.54 Å². The second-order valence-electron chi connectivity index (χ2n) is 6.32. The van der Waals surface area contributed by atoms with E-state index in [0.717, 1.165) is 12.1 Å². The van der Waals surface area contributed by atoms with Crippen molar-refractivity contribution in [2.45, 2.75) is 39.0 Å². The average Bonchev–Trinajstić information content (AvgIpc) is 2.40. The Morgan fingerprint density at radius 2 is 1.88 bits per heavy atom. The van der Waals surface area contributed by atoms with Crippen LogP contribution in [0.3, 0.4) is 0 Å². The van der Waals surface area contributed by atoms with E-state index in [1.807, 2.05) is 0 Å². The molecule has 0 aromatic heterocycles. The highest BCUT2D eigenvalue weighted by Crippen LogP contribution is 2.30. The molecule has 0 spiro atoms. The molecule has 0 unspecified atom stereocenters. The molecule has 0 aliphatic carbocycles. The van der Waals surface area contributed by atoms with Gasteiger partial charge in [-0.05, 0) is 38.8 Å². The molecule has 0 fully saturated rings. The van der Waals surface area contributed by atoms with Crippen LogP contribution in [0.2, 0.25) is 0 Å². The quantitative estimate of drug-likeness (QED) is 0.855. The molecular weight excluding hydrogens is 327 g/mol. The molecule has 134 valence electrons. The number of carboxylic acids is 1. The molecule has 1 aromatic carbocycles. The van der Waals surface area contributed by atoms with Crippen LogP contribution in [-0.2, 0) is 22.1 Å². The molecule has 1 atom stereocenters. The summed E-state index contributed by atoms with van der Waals surface area (Å²) >= 11 is 0. The molecule has 0 bridgehead atoms. The van der Waals surface area contributed by atoms with Crippen LogP contribution in [0.5, 0.6) is 0 Å². The van der Waals surface area contributed by atoms with Crippen molar-refractivity contribution in [3.63, 3.8) is 0 Å². The minimum atomic E-state index is -4.50. The molecule has 24 heavy (non-hydrogen) atoms. The van der Waals surface area contributed by atoms with Crippen molar-refractivity contribution in [1.29, 1.82) is 0 Å². The van der Waals surface area contributed by atoms with E-state index in [-0.39, 0.29) is 18.5 Å². The fourth-order valence-electron chi connectivity index (χ4n) is 1.93. The van der Waals surface area contributed by atoms with Gasteiger partial charge in [0.25, 0.3) is 0 Å². The highest BCUT2D eigenvalue weighted by atomic mass is 19.4. The second kappa shape index (κ2) is 7.55. The summed E-state index contributed by atoms with van der Waals surface area (Å²) < 4.78 is 43.0. The summed E-state index contributed by atoms with van der Waals surface area (Å²) in [4.78, 5) is 22.8. The number of nitrogens with one attached hydrogen (secondary N) is 1. The minimum Gasteiger partial charge on any atom is -0.481 e. The molecule has 0 aliphatic heterocycles. The summed E-state index contributed by atoms with van der Waals surface area (Å²) in [6.45, 7) is 4.72. The summed E-state index contributed by atoms with van der Waals surface area (Å²) in [5.74, 6) is -2.29. The highest BCUT2D eigenvalue weighted by Gasteiger charge is 2.31. The maximum absolute atomic E-state index is 12.7. The smallest absolute Gasteiger partial charge is 0.416 e. The lowest BCUT2D eigenvalue weighted by Crippen LogP contribution is -2.37. The zero-order valence-electron chi connectivity index (χ0n) is 13.6. The van der Waals surface area contributed by atoms with E-state index < -0.39 is 35.3 Å². The molecular formula is C16H20F3NO4. The number of carbonyl (C=O) groups excluding carboxylic acids is 1. The Morgan fingerprint density at radius 1 is 1.25 bits per heavy atom. The Bertz CT molecular complexity index is 594. The lowest BCUT2D eigenvalue weighted by Gasteiger charge is -2.21. The molecule has 1 amide bonds. The number of carboxylic acid groups (broad SMARTS) is 1. The van der Waals surface area contributed by atoms with E-state index in [1.165, 1.54) is 12.1 Å². The summed E-state index contributed by atoms with van der Waals surface area (Å²) in [5.41, 5.74) is -1.35. The Balaban J connectivity index is 2.74. The zero-order valence-corrected chi connectivity index (χ0v) is 13.6. The number of carbonyl (C=O) groups is 2. The van der Waals surface area contributed by atoms with Crippen molar-refractivity contribution < 1.29 is 32.6 Å². The number of halogens is 3. The van der Waals surface area contributed by atoms with Gasteiger partial charge in [-0.1, -0.05) is 18.2 Å². The Labute approximate surface area is 137 Å². The van der Waals surface area contributed by atoms with Gasteiger partial charge in [0.1, 0.15) is 5.60 Å². The number of alkyl halides is 3. The first-order chi connectivity index (χ1) is 10.9. The Kier molecular flexibility index (Phi) is 6.22. The van der Waals surface area contributed by atoms with Crippen molar-refractivity contribution in [3.8, 4) is 0 Å². The van der Waals surface area contributed by atoms with E-state index >= 15 is 0 Å². The predicted molar refractivity (Wildman–Crippen MR) is 80.5 cm³/mol. The van der Waals surface area contributed by atoms with E-state index in [0.29, 0.717) is 0 Å². The van der Waals surface area contributed by atoms with Gasteiger partial charge >= 0.3 is 18.2 Å². The average molecular weight is 347 g/mol. The number of benzene rings is 1. The molecule has 0 saturated carbocycles. The van der Waals surface area contributed by atoms with Crippen molar-refractivity contribution >= 4 is 12.1 Å². The van der Waals surface area contributed by atoms with Crippen molar-refractivity contribution in [2.24, 2.45) is 5.92 Å². The Morgan fingerprint density at radius 3 is 2.38 bits per heavy atom. The number of hydrogen-bond donors (Lipinski definition) is 2. The molecule has 0 radical (unpaired) electrons. The molecule has 1 aromatic rings. The summed E-state index contributed by atoms with van der Waals surface area (Å²) in [6.07, 6.45) is -5.42. The van der Waals surface area contributed by atoms with Crippen LogP contribution >= 0.6 is 0 Å². The third-order valence-electron chi connectivity index (χ3n) is 2.98. The fraction of sp³-hybridized carbons (Fsp3) is 0.500. The molecule has 0 aliphatic rings. The summed E-state index contributed by atoms with van der Waals surface area (Å²) in [7, 11) is 0. The Hall–Kier alpha value is -2.25. The number of ether oxygens (including phenoxy) is 1. The van der Waals surface area contributed by atoms with Crippen LogP contribution in [0, 0.1) is 5.92 Å². The lowest BCUT2D eigenvalue weighted by molar-refractivity contribution is -0.141. The maximum Gasteiger partial charge on any atom is 0.416 e. The summed E-state index contributed by atoms with van der Waals surface area (Å²) in [6, 6.07) is 4.46. The van der Waals surface area contributed by atoms with Crippen LogP contribution in [0.15, 0.2) is 24.3 Å². The number of alkyl carbamates (subject to hydrolysis) is 1. The van der Waals surface area contributed by atoms with Crippen molar-refractivity contribution in [2.75, 3.05) is 6.54 Å². The largest absolute Gasteiger partial charge is 0.481 e. The third-order valence-corrected chi connectivity index (χ3v) is 2.98. The molecule has 1 rings (SSSR count). The highest BCUT2D eigenvalue weighted by molar-refractivity contribution is 5.73. The standard InChI is InChI=1S/C16H20F3NO4/c1-15(2,3)24-14(23)20-9-11(13(21)22)7-10-5-4-6-12(8-10)16(17,18)19/h4-6,8,11H,7,9H2,1-3H3,(H,20,23)(H,21,22)/t11-/m1/s1. The van der Waals surface area contributed by atoms with Crippen LogP contribution in [0.25, 0.3) is 0 Å². The third kappa shape index (κ3) is 6.89. The topological polar surface area (TPSA) is 75.6 Å². The van der Waals surface area contributed by atoms with Gasteiger partial charge in [-0.3, -0.25) is 4.79 Å². The van der Waals surface area contributed by atoms with Gasteiger partial charge in [-0.2, -0.15) is 13.2 Å². The normalized spacial score (nSPS) is 13.2. The van der Waals surface area contributed by atoms with Crippen LogP contribution < -0.4 is 5.32 Å². The number of amides is 1. The predicted octanol–water partition coefficient (Wildman–Crippen LogP) is 3.47. The first kappa shape index (κ1) is 19.8. The van der Waals surface area contributed by atoms with Crippen LogP contribution in [0.1, 0.15) is 31.9 Å². The molecule has 5 nitrogen and oxygen atoms in total. The molecule has 2 N–H and O–H groups in total. The first-order valence-electron chi connectivity index (χ1n) is 7.24. The van der Waals surface area contributed by atoms with Gasteiger partial charge in [0.2, 0.25) is 0 Å². The SMILES string of the molecule is CC(C)(C)OC(=O)NC[C@@H](Cc1cccc(C(F)(F)F)c1)C(=O)O. The number of aliphatic carboxylic acids is 1. The van der Waals surface area contributed by atoms with E-state index in [4.69, 9.17) is 4.74 Å². The first-order valence-corrected chi connectivity index (χ1v) is 7.24. The second-order valence-corrected chi connectivity index (χ2v) is 6.32. The molecule has 8 heteroatoms. The zero-order chi connectivity index (χ0) is 18.5. The van der Waals surface area contributed by atoms with Crippen molar-refractivity contribution in [1.82, 2.24) is 5.32 Å². The minimum absolute atomic E-state index is 0.144. The molecule has 0 heterocycles. The maximum atomic E-state index is 12.7. The van der Waals surface area contributed by atoms with Gasteiger partial charge in [0.05, 0.1) is 11.5 Å². The molecule has 0 saturated heterocycles. The van der Waals surface area contributed by atoms with Gasteiger partial charge in [-0.15, -0.1) is 0 Å². The van der Waals surface area contributed by atoms with Crippen LogP contribution in [-0.4, -0.2) is 29.3 Å². The van der Waals surface area contributed by atoms with Gasteiger partial charge < -0.3 is 15.2 Å². The number of rotatable bonds is 5. The van der Waals surface area contributed by atoms with Crippen molar-refractivity contribution in [3.05, 3.63) is 35.4 Å². The monoisotopic (exact) mass is 347 g/mol. The van der Waals surface area contributed by atoms with E-state index in [9.17, 15) is 27.9 Å². The lowest BCUT2D eigenvalue weighted by atomic mass is 9.98. The van der Waals surface area contributed by atoms with Gasteiger partial charge in [0.15, 0.2) is 0 Å². The summed E-state index contributed by atoms with van der Waals surface area (Å²) in [5, 5.41) is 11.5. The van der Waals surface area contributed by atoms with E-state index in [1.54, 1.807) is 20.8 Å². The van der Waals surface area contributed by atoms with Crippen LogP contribution in [0.4, 0.5) is 18.0 Å². The number of hydrogen-bond acceptors (Lipinski definition) is 3. The van der Waals surface area contributed by atoms with Gasteiger partial charge in [-0.25, -0.2) is 4.79 Å². The fourth-order valence-corrected chi connectivity index (χ4v) is 1.93.